The number of nitrogens with one attached hydrogen (secondary N) is 1. The van der Waals surface area contributed by atoms with Crippen molar-refractivity contribution in [2.24, 2.45) is 4.99 Å². The second-order valence-electron chi connectivity index (χ2n) is 3.95. The lowest BCUT2D eigenvalue weighted by molar-refractivity contribution is -0.136. The van der Waals surface area contributed by atoms with Crippen LogP contribution in [0.1, 0.15) is 33.1 Å². The fourth-order valence-electron chi connectivity index (χ4n) is 1.52. The molecule has 0 aromatic carbocycles. The van der Waals surface area contributed by atoms with Crippen molar-refractivity contribution in [2.45, 2.75) is 33.1 Å². The van der Waals surface area contributed by atoms with E-state index in [1.807, 2.05) is 13.1 Å². The Morgan fingerprint density at radius 1 is 1.56 bits per heavy atom. The Morgan fingerprint density at radius 2 is 2.28 bits per heavy atom. The molecule has 5 nitrogen and oxygen atoms in total. The smallest absolute Gasteiger partial charge is 0.303 e. The quantitative estimate of drug-likeness (QED) is 0.655. The van der Waals surface area contributed by atoms with Crippen LogP contribution in [0.15, 0.2) is 40.0 Å². The fourth-order valence-corrected chi connectivity index (χ4v) is 1.52. The number of nitrogens with zero attached hydrogens (tertiary/aromatic N) is 1. The Balaban J connectivity index is 2.74. The fraction of sp³-hybridized carbons (Fsp3) is 0.385. The highest BCUT2D eigenvalue weighted by Crippen LogP contribution is 2.25. The van der Waals surface area contributed by atoms with Gasteiger partial charge in [-0.25, -0.2) is 0 Å². The molecule has 1 aliphatic heterocycles. The van der Waals surface area contributed by atoms with E-state index in [0.29, 0.717) is 17.7 Å². The second kappa shape index (κ2) is 6.64. The number of dihydropyridines is 1. The number of aliphatic imine (C=N–C) groups is 1. The van der Waals surface area contributed by atoms with Gasteiger partial charge in [-0.15, -0.1) is 0 Å². The SMILES string of the molecule is CCC1=CNC(C)=C(O)/C1=C\N=CCCC(=O)O. The van der Waals surface area contributed by atoms with E-state index in [1.165, 1.54) is 0 Å². The van der Waals surface area contributed by atoms with Gasteiger partial charge < -0.3 is 15.5 Å². The zero-order valence-corrected chi connectivity index (χ0v) is 10.6. The molecule has 5 heteroatoms. The van der Waals surface area contributed by atoms with E-state index >= 15 is 0 Å². The molecule has 0 fully saturated rings. The molecule has 0 spiro atoms. The lowest BCUT2D eigenvalue weighted by Gasteiger charge is -2.18. The normalized spacial score (nSPS) is 18.1. The summed E-state index contributed by atoms with van der Waals surface area (Å²) in [6.07, 6.45) is 6.17. The molecule has 0 radical (unpaired) electrons. The number of rotatable bonds is 5. The highest BCUT2D eigenvalue weighted by molar-refractivity contribution is 5.72. The minimum atomic E-state index is -0.844. The van der Waals surface area contributed by atoms with Crippen molar-refractivity contribution in [2.75, 3.05) is 0 Å². The third-order valence-electron chi connectivity index (χ3n) is 2.60. The summed E-state index contributed by atoms with van der Waals surface area (Å²) < 4.78 is 0. The van der Waals surface area contributed by atoms with Crippen molar-refractivity contribution in [3.63, 3.8) is 0 Å². The van der Waals surface area contributed by atoms with Crippen molar-refractivity contribution in [1.29, 1.82) is 0 Å². The van der Waals surface area contributed by atoms with Gasteiger partial charge in [-0.05, 0) is 25.3 Å². The number of hydrogen-bond donors (Lipinski definition) is 3. The summed E-state index contributed by atoms with van der Waals surface area (Å²) in [4.78, 5) is 14.4. The Labute approximate surface area is 106 Å². The summed E-state index contributed by atoms with van der Waals surface area (Å²) in [5.41, 5.74) is 2.33. The van der Waals surface area contributed by atoms with Crippen LogP contribution in [0.25, 0.3) is 0 Å². The molecule has 0 amide bonds. The van der Waals surface area contributed by atoms with E-state index in [9.17, 15) is 9.90 Å². The van der Waals surface area contributed by atoms with Crippen LogP contribution >= 0.6 is 0 Å². The van der Waals surface area contributed by atoms with E-state index in [0.717, 1.165) is 12.0 Å². The number of aliphatic hydroxyl groups is 1. The summed E-state index contributed by atoms with van der Waals surface area (Å²) in [5, 5.41) is 21.4. The predicted octanol–water partition coefficient (Wildman–Crippen LogP) is 2.49. The van der Waals surface area contributed by atoms with Crippen LogP contribution in [-0.4, -0.2) is 22.4 Å². The summed E-state index contributed by atoms with van der Waals surface area (Å²) >= 11 is 0. The van der Waals surface area contributed by atoms with Gasteiger partial charge in [0.05, 0.1) is 12.1 Å². The molecule has 0 aliphatic carbocycles. The zero-order chi connectivity index (χ0) is 13.5. The van der Waals surface area contributed by atoms with Gasteiger partial charge >= 0.3 is 5.97 Å². The number of carboxylic acids is 1. The van der Waals surface area contributed by atoms with Crippen molar-refractivity contribution >= 4 is 12.2 Å². The number of carbonyl (C=O) groups is 1. The highest BCUT2D eigenvalue weighted by atomic mass is 16.4. The average Bonchev–Trinajstić information content (AvgIpc) is 2.33. The average molecular weight is 250 g/mol. The number of carboxylic acid groups (broad SMARTS) is 1. The van der Waals surface area contributed by atoms with Crippen LogP contribution in [0.4, 0.5) is 0 Å². The van der Waals surface area contributed by atoms with E-state index in [-0.39, 0.29) is 12.2 Å². The molecular weight excluding hydrogens is 232 g/mol. The molecule has 0 atom stereocenters. The van der Waals surface area contributed by atoms with Crippen molar-refractivity contribution in [1.82, 2.24) is 5.32 Å². The van der Waals surface area contributed by atoms with Gasteiger partial charge in [-0.2, -0.15) is 0 Å². The van der Waals surface area contributed by atoms with E-state index in [1.54, 1.807) is 19.3 Å². The standard InChI is InChI=1S/C13H18N2O3/c1-3-10-7-15-9(2)13(18)11(10)8-14-6-4-5-12(16)17/h6-8,15,18H,3-5H2,1-2H3,(H,16,17)/b11-8-,14-6?. The molecule has 0 saturated carbocycles. The molecule has 1 aliphatic rings. The number of aliphatic carboxylic acids is 1. The number of aliphatic hydroxyl groups excluding tert-OH is 1. The Morgan fingerprint density at radius 3 is 2.89 bits per heavy atom. The van der Waals surface area contributed by atoms with Crippen LogP contribution in [-0.2, 0) is 4.79 Å². The zero-order valence-electron chi connectivity index (χ0n) is 10.6. The maximum Gasteiger partial charge on any atom is 0.303 e. The molecule has 3 N–H and O–H groups in total. The van der Waals surface area contributed by atoms with Crippen LogP contribution < -0.4 is 5.32 Å². The molecule has 98 valence electrons. The third kappa shape index (κ3) is 3.76. The van der Waals surface area contributed by atoms with E-state index < -0.39 is 5.97 Å². The lowest BCUT2D eigenvalue weighted by Crippen LogP contribution is -2.14. The van der Waals surface area contributed by atoms with Gasteiger partial charge in [0.15, 0.2) is 0 Å². The van der Waals surface area contributed by atoms with Gasteiger partial charge in [-0.3, -0.25) is 9.79 Å². The third-order valence-corrected chi connectivity index (χ3v) is 2.60. The minimum Gasteiger partial charge on any atom is -0.505 e. The Kier molecular flexibility index (Phi) is 5.17. The largest absolute Gasteiger partial charge is 0.505 e. The van der Waals surface area contributed by atoms with Gasteiger partial charge in [0, 0.05) is 24.2 Å². The molecule has 1 heterocycles. The molecule has 18 heavy (non-hydrogen) atoms. The molecule has 0 bridgehead atoms. The van der Waals surface area contributed by atoms with E-state index in [2.05, 4.69) is 10.3 Å². The topological polar surface area (TPSA) is 81.9 Å². The van der Waals surface area contributed by atoms with Gasteiger partial charge in [0.2, 0.25) is 0 Å². The molecule has 0 saturated heterocycles. The highest BCUT2D eigenvalue weighted by Gasteiger charge is 2.15. The summed E-state index contributed by atoms with van der Waals surface area (Å²) in [5.74, 6) is -0.659. The maximum atomic E-state index is 10.3. The first-order valence-electron chi connectivity index (χ1n) is 5.86. The van der Waals surface area contributed by atoms with Crippen molar-refractivity contribution < 1.29 is 15.0 Å². The Bertz CT molecular complexity index is 445. The monoisotopic (exact) mass is 250 g/mol. The second-order valence-corrected chi connectivity index (χ2v) is 3.95. The maximum absolute atomic E-state index is 10.3. The molecule has 0 aromatic heterocycles. The molecule has 0 aromatic rings. The lowest BCUT2D eigenvalue weighted by atomic mass is 10.0. The predicted molar refractivity (Wildman–Crippen MR) is 70.3 cm³/mol. The summed E-state index contributed by atoms with van der Waals surface area (Å²) in [6.45, 7) is 3.77. The first kappa shape index (κ1) is 14.0. The first-order chi connectivity index (χ1) is 8.56. The number of allylic oxidation sites excluding steroid dienone is 2. The van der Waals surface area contributed by atoms with Gasteiger partial charge in [-0.1, -0.05) is 6.92 Å². The number of hydrogen-bond acceptors (Lipinski definition) is 4. The summed E-state index contributed by atoms with van der Waals surface area (Å²) in [7, 11) is 0. The minimum absolute atomic E-state index is 0.0611. The first-order valence-corrected chi connectivity index (χ1v) is 5.86. The van der Waals surface area contributed by atoms with Gasteiger partial charge in [0.25, 0.3) is 0 Å². The summed E-state index contributed by atoms with van der Waals surface area (Å²) in [6, 6.07) is 0. The molecule has 0 unspecified atom stereocenters. The van der Waals surface area contributed by atoms with Crippen LogP contribution in [0.3, 0.4) is 0 Å². The van der Waals surface area contributed by atoms with Crippen molar-refractivity contribution in [3.05, 3.63) is 35.0 Å². The van der Waals surface area contributed by atoms with Crippen LogP contribution in [0.5, 0.6) is 0 Å². The van der Waals surface area contributed by atoms with Gasteiger partial charge in [0.1, 0.15) is 5.76 Å². The molecular formula is C13H18N2O3. The van der Waals surface area contributed by atoms with E-state index in [4.69, 9.17) is 5.11 Å². The molecule has 1 rings (SSSR count). The Hall–Kier alpha value is -2.04. The van der Waals surface area contributed by atoms with Crippen LogP contribution in [0, 0.1) is 0 Å². The van der Waals surface area contributed by atoms with Crippen LogP contribution in [0.2, 0.25) is 0 Å². The van der Waals surface area contributed by atoms with Crippen molar-refractivity contribution in [3.8, 4) is 0 Å².